The van der Waals surface area contributed by atoms with Gasteiger partial charge < -0.3 is 9.64 Å². The summed E-state index contributed by atoms with van der Waals surface area (Å²) in [6, 6.07) is 13.7. The number of nitriles is 1. The highest BCUT2D eigenvalue weighted by molar-refractivity contribution is 7.92. The summed E-state index contributed by atoms with van der Waals surface area (Å²) in [5.41, 5.74) is 1.37. The van der Waals surface area contributed by atoms with Gasteiger partial charge in [-0.15, -0.1) is 0 Å². The van der Waals surface area contributed by atoms with E-state index in [0.717, 1.165) is 6.26 Å². The normalized spacial score (nSPS) is 15.2. The number of rotatable bonds is 8. The van der Waals surface area contributed by atoms with Crippen LogP contribution in [0.4, 0.5) is 5.69 Å². The van der Waals surface area contributed by atoms with E-state index >= 15 is 0 Å². The number of nitrogens with zero attached hydrogens (tertiary/aromatic N) is 3. The number of hydrogen-bond donors (Lipinski definition) is 0. The smallest absolute Gasteiger partial charge is 0.232 e. The zero-order valence-corrected chi connectivity index (χ0v) is 19.7. The molecule has 0 N–H and O–H groups in total. The van der Waals surface area contributed by atoms with E-state index < -0.39 is 10.0 Å². The van der Waals surface area contributed by atoms with Gasteiger partial charge in [0.2, 0.25) is 10.0 Å². The fourth-order valence-corrected chi connectivity index (χ4v) is 4.96. The third-order valence-electron chi connectivity index (χ3n) is 5.68. The second-order valence-corrected chi connectivity index (χ2v) is 10.2. The third-order valence-corrected chi connectivity index (χ3v) is 7.12. The van der Waals surface area contributed by atoms with Crippen molar-refractivity contribution in [1.29, 1.82) is 5.26 Å². The zero-order valence-electron chi connectivity index (χ0n) is 18.1. The number of carbonyl (C=O) groups excluding carboxylic acids is 1. The number of ketones is 1. The second kappa shape index (κ2) is 10.3. The number of Topliss-reactive ketones (excluding diaryl/α,β-unsaturated/α-hetero) is 1. The van der Waals surface area contributed by atoms with Crippen LogP contribution in [0.3, 0.4) is 0 Å². The summed E-state index contributed by atoms with van der Waals surface area (Å²) in [5, 5.41) is 9.81. The Morgan fingerprint density at radius 3 is 2.44 bits per heavy atom. The number of anilines is 1. The highest BCUT2D eigenvalue weighted by Gasteiger charge is 2.27. The minimum Gasteiger partial charge on any atom is -0.495 e. The molecule has 0 saturated carbocycles. The fraction of sp³-hybridized carbons (Fsp3) is 0.391. The van der Waals surface area contributed by atoms with Crippen molar-refractivity contribution in [3.63, 3.8) is 0 Å². The molecular weight excluding hydrogens is 450 g/mol. The van der Waals surface area contributed by atoms with Gasteiger partial charge >= 0.3 is 0 Å². The van der Waals surface area contributed by atoms with Gasteiger partial charge in [-0.1, -0.05) is 11.6 Å². The van der Waals surface area contributed by atoms with Crippen LogP contribution in [0.2, 0.25) is 5.02 Å². The number of carbonyl (C=O) groups is 1. The lowest BCUT2D eigenvalue weighted by Crippen LogP contribution is -2.42. The van der Waals surface area contributed by atoms with Crippen LogP contribution in [0.25, 0.3) is 0 Å². The number of sulfonamides is 1. The first kappa shape index (κ1) is 24.1. The lowest BCUT2D eigenvalue weighted by Gasteiger charge is -2.33. The molecule has 1 aliphatic rings. The Bertz CT molecular complexity index is 1110. The van der Waals surface area contributed by atoms with Gasteiger partial charge in [0.1, 0.15) is 5.75 Å². The van der Waals surface area contributed by atoms with Crippen molar-refractivity contribution < 1.29 is 17.9 Å². The van der Waals surface area contributed by atoms with Crippen LogP contribution >= 0.6 is 11.6 Å². The van der Waals surface area contributed by atoms with Crippen LogP contribution in [0.5, 0.6) is 5.75 Å². The summed E-state index contributed by atoms with van der Waals surface area (Å²) >= 11 is 5.91. The van der Waals surface area contributed by atoms with Gasteiger partial charge in [-0.25, -0.2) is 8.42 Å². The number of hydrogen-bond acceptors (Lipinski definition) is 6. The summed E-state index contributed by atoms with van der Waals surface area (Å²) in [4.78, 5) is 14.9. The standard InChI is InChI=1S/C23H26ClN3O4S/c1-31-22-8-3-17(16-25)15-21(22)27(32(2,29)30)14-13-26-11-9-19(10-12-26)23(28)18-4-6-20(24)7-5-18/h3-8,15,19H,9-14H2,1-2H3. The van der Waals surface area contributed by atoms with E-state index in [9.17, 15) is 18.5 Å². The largest absolute Gasteiger partial charge is 0.495 e. The average Bonchev–Trinajstić information content (AvgIpc) is 2.78. The van der Waals surface area contributed by atoms with Gasteiger partial charge in [0.25, 0.3) is 0 Å². The third kappa shape index (κ3) is 5.80. The Labute approximate surface area is 194 Å². The monoisotopic (exact) mass is 475 g/mol. The molecule has 0 radical (unpaired) electrons. The van der Waals surface area contributed by atoms with E-state index in [2.05, 4.69) is 4.90 Å². The van der Waals surface area contributed by atoms with Gasteiger partial charge in [-0.05, 0) is 68.4 Å². The molecule has 2 aromatic rings. The summed E-state index contributed by atoms with van der Waals surface area (Å²) in [6.07, 6.45) is 2.57. The Morgan fingerprint density at radius 1 is 1.22 bits per heavy atom. The first-order valence-corrected chi connectivity index (χ1v) is 12.5. The quantitative estimate of drug-likeness (QED) is 0.542. The molecular formula is C23H26ClN3O4S. The molecule has 0 aromatic heterocycles. The molecule has 170 valence electrons. The van der Waals surface area contributed by atoms with Crippen molar-refractivity contribution in [2.24, 2.45) is 5.92 Å². The van der Waals surface area contributed by atoms with E-state index in [4.69, 9.17) is 16.3 Å². The molecule has 2 aromatic carbocycles. The zero-order chi connectivity index (χ0) is 23.3. The molecule has 9 heteroatoms. The Morgan fingerprint density at radius 2 is 1.88 bits per heavy atom. The molecule has 0 atom stereocenters. The minimum atomic E-state index is -3.59. The molecule has 0 spiro atoms. The van der Waals surface area contributed by atoms with E-state index in [1.54, 1.807) is 36.4 Å². The predicted molar refractivity (Wildman–Crippen MR) is 125 cm³/mol. The van der Waals surface area contributed by atoms with Crippen molar-refractivity contribution in [2.75, 3.05) is 43.8 Å². The van der Waals surface area contributed by atoms with E-state index in [0.29, 0.717) is 60.1 Å². The van der Waals surface area contributed by atoms with Gasteiger partial charge in [-0.2, -0.15) is 5.26 Å². The lowest BCUT2D eigenvalue weighted by atomic mass is 9.89. The Kier molecular flexibility index (Phi) is 7.77. The highest BCUT2D eigenvalue weighted by atomic mass is 35.5. The predicted octanol–water partition coefficient (Wildman–Crippen LogP) is 3.58. The minimum absolute atomic E-state index is 0.0501. The summed E-state index contributed by atoms with van der Waals surface area (Å²) in [6.45, 7) is 2.14. The molecule has 3 rings (SSSR count). The van der Waals surface area contributed by atoms with Crippen LogP contribution in [-0.4, -0.2) is 58.6 Å². The average molecular weight is 476 g/mol. The number of benzene rings is 2. The van der Waals surface area contributed by atoms with Crippen LogP contribution in [0.1, 0.15) is 28.8 Å². The molecule has 7 nitrogen and oxygen atoms in total. The maximum Gasteiger partial charge on any atom is 0.232 e. The molecule has 0 aliphatic carbocycles. The molecule has 0 unspecified atom stereocenters. The van der Waals surface area contributed by atoms with Crippen molar-refractivity contribution in [2.45, 2.75) is 12.8 Å². The van der Waals surface area contributed by atoms with Crippen molar-refractivity contribution in [1.82, 2.24) is 4.90 Å². The van der Waals surface area contributed by atoms with Crippen LogP contribution < -0.4 is 9.04 Å². The summed E-state index contributed by atoms with van der Waals surface area (Å²) < 4.78 is 31.6. The number of methoxy groups -OCH3 is 1. The van der Waals surface area contributed by atoms with Crippen LogP contribution in [-0.2, 0) is 10.0 Å². The second-order valence-electron chi connectivity index (χ2n) is 7.82. The van der Waals surface area contributed by atoms with Gasteiger partial charge in [0, 0.05) is 29.6 Å². The van der Waals surface area contributed by atoms with E-state index in [1.807, 2.05) is 6.07 Å². The number of piperidine rings is 1. The molecule has 1 heterocycles. The van der Waals surface area contributed by atoms with Crippen LogP contribution in [0.15, 0.2) is 42.5 Å². The van der Waals surface area contributed by atoms with Gasteiger partial charge in [0.15, 0.2) is 5.78 Å². The maximum atomic E-state index is 12.7. The maximum absolute atomic E-state index is 12.7. The molecule has 32 heavy (non-hydrogen) atoms. The fourth-order valence-electron chi connectivity index (χ4n) is 3.92. The van der Waals surface area contributed by atoms with Gasteiger partial charge in [0.05, 0.1) is 30.7 Å². The van der Waals surface area contributed by atoms with Crippen LogP contribution in [0, 0.1) is 17.2 Å². The van der Waals surface area contributed by atoms with Gasteiger partial charge in [-0.3, -0.25) is 9.10 Å². The number of halogens is 1. The Hall–Kier alpha value is -2.60. The van der Waals surface area contributed by atoms with Crippen molar-refractivity contribution in [3.05, 3.63) is 58.6 Å². The molecule has 0 bridgehead atoms. The molecule has 0 amide bonds. The number of likely N-dealkylation sites (tertiary alicyclic amines) is 1. The van der Waals surface area contributed by atoms with E-state index in [-0.39, 0.29) is 18.2 Å². The Balaban J connectivity index is 1.65. The lowest BCUT2D eigenvalue weighted by molar-refractivity contribution is 0.0843. The SMILES string of the molecule is COc1ccc(C#N)cc1N(CCN1CCC(C(=O)c2ccc(Cl)cc2)CC1)S(C)(=O)=O. The summed E-state index contributed by atoms with van der Waals surface area (Å²) in [5.74, 6) is 0.463. The first-order valence-electron chi connectivity index (χ1n) is 10.3. The molecule has 1 fully saturated rings. The molecule has 1 aliphatic heterocycles. The van der Waals surface area contributed by atoms with E-state index in [1.165, 1.54) is 17.5 Å². The summed E-state index contributed by atoms with van der Waals surface area (Å²) in [7, 11) is -2.12. The van der Waals surface area contributed by atoms with Crippen molar-refractivity contribution >= 4 is 33.1 Å². The molecule has 1 saturated heterocycles. The number of ether oxygens (including phenoxy) is 1. The van der Waals surface area contributed by atoms with Crippen molar-refractivity contribution in [3.8, 4) is 11.8 Å². The topological polar surface area (TPSA) is 90.7 Å². The first-order chi connectivity index (χ1) is 15.2. The highest BCUT2D eigenvalue weighted by Crippen LogP contribution is 2.31.